The van der Waals surface area contributed by atoms with Crippen LogP contribution >= 0.6 is 0 Å². The summed E-state index contributed by atoms with van der Waals surface area (Å²) < 4.78 is 15.0. The predicted molar refractivity (Wildman–Crippen MR) is 496 cm³/mol. The van der Waals surface area contributed by atoms with Gasteiger partial charge in [0.2, 0.25) is 0 Å². The highest BCUT2D eigenvalue weighted by atomic mass is 16.5. The number of para-hydroxylation sites is 10. The molecule has 8 aromatic heterocycles. The van der Waals surface area contributed by atoms with Crippen LogP contribution in [0, 0.1) is 83.1 Å². The van der Waals surface area contributed by atoms with E-state index in [2.05, 4.69) is 344 Å². The highest BCUT2D eigenvalue weighted by molar-refractivity contribution is 6.22. The summed E-state index contributed by atoms with van der Waals surface area (Å²) in [5.41, 5.74) is 30.3. The van der Waals surface area contributed by atoms with Crippen LogP contribution in [0.5, 0.6) is 11.5 Å². The summed E-state index contributed by atoms with van der Waals surface area (Å²) in [5.74, 6) is 4.39. The first-order chi connectivity index (χ1) is 56.7. The second-order valence-electron chi connectivity index (χ2n) is 31.5. The molecule has 0 radical (unpaired) electrons. The Bertz CT molecular complexity index is 6200. The molecule has 0 saturated carbocycles. The quantitative estimate of drug-likeness (QED) is 0.157. The van der Waals surface area contributed by atoms with E-state index in [9.17, 15) is 0 Å². The minimum absolute atomic E-state index is 0.0830. The number of benzene rings is 11. The van der Waals surface area contributed by atoms with Gasteiger partial charge in [-0.25, -0.2) is 29.9 Å². The third-order valence-corrected chi connectivity index (χ3v) is 22.2. The van der Waals surface area contributed by atoms with E-state index in [0.717, 1.165) is 85.9 Å². The smallest absolute Gasteiger partial charge is 0.151 e. The van der Waals surface area contributed by atoms with Gasteiger partial charge in [0.15, 0.2) is 11.5 Å². The molecular formula is C104H105N13O. The van der Waals surface area contributed by atoms with Crippen molar-refractivity contribution in [3.05, 3.63) is 353 Å². The average Bonchev–Trinajstić information content (AvgIpc) is 1.49. The maximum absolute atomic E-state index is 5.81. The van der Waals surface area contributed by atoms with E-state index < -0.39 is 0 Å². The molecule has 118 heavy (non-hydrogen) atoms. The van der Waals surface area contributed by atoms with Gasteiger partial charge in [-0.05, 0) is 226 Å². The van der Waals surface area contributed by atoms with Crippen LogP contribution in [0.15, 0.2) is 273 Å². The first kappa shape index (κ1) is 81.0. The van der Waals surface area contributed by atoms with Gasteiger partial charge in [0.05, 0.1) is 22.4 Å². The molecule has 0 bridgehead atoms. The van der Waals surface area contributed by atoms with Crippen molar-refractivity contribution in [3.63, 3.8) is 0 Å². The van der Waals surface area contributed by atoms with Crippen molar-refractivity contribution in [1.82, 2.24) is 53.2 Å². The molecule has 592 valence electrons. The normalized spacial score (nSPS) is 12.0. The van der Waals surface area contributed by atoms with E-state index in [1.807, 2.05) is 131 Å². The van der Waals surface area contributed by atoms with Crippen LogP contribution in [0.4, 0.5) is 22.7 Å². The molecule has 14 heteroatoms. The van der Waals surface area contributed by atoms with Gasteiger partial charge in [-0.15, -0.1) is 0 Å². The van der Waals surface area contributed by atoms with Crippen LogP contribution in [-0.4, -0.2) is 67.3 Å². The molecule has 0 atom stereocenters. The van der Waals surface area contributed by atoms with Crippen molar-refractivity contribution in [2.75, 3.05) is 23.9 Å². The van der Waals surface area contributed by atoms with Crippen molar-refractivity contribution in [2.45, 2.75) is 102 Å². The maximum Gasteiger partial charge on any atom is 0.151 e. The largest absolute Gasteiger partial charge is 0.453 e. The van der Waals surface area contributed by atoms with Gasteiger partial charge in [0, 0.05) is 181 Å². The van der Waals surface area contributed by atoms with E-state index in [1.165, 1.54) is 126 Å². The lowest BCUT2D eigenvalue weighted by Crippen LogP contribution is -2.30. The monoisotopic (exact) mass is 1550 g/mol. The molecule has 2 aliphatic heterocycles. The van der Waals surface area contributed by atoms with Gasteiger partial charge in [-0.3, -0.25) is 4.98 Å². The Hall–Kier alpha value is -13.6. The lowest BCUT2D eigenvalue weighted by Gasteiger charge is -2.40. The summed E-state index contributed by atoms with van der Waals surface area (Å²) >= 11 is 0. The zero-order valence-electron chi connectivity index (χ0n) is 71.7. The molecule has 2 aliphatic rings. The van der Waals surface area contributed by atoms with Gasteiger partial charge in [-0.1, -0.05) is 172 Å². The number of pyridine rings is 1. The van der Waals surface area contributed by atoms with Crippen LogP contribution < -0.4 is 14.5 Å². The summed E-state index contributed by atoms with van der Waals surface area (Å²) in [6.07, 6.45) is 0. The topological polar surface area (TPSA) is 126 Å². The van der Waals surface area contributed by atoms with Gasteiger partial charge in [0.25, 0.3) is 0 Å². The Morgan fingerprint density at radius 3 is 0.847 bits per heavy atom. The summed E-state index contributed by atoms with van der Waals surface area (Å²) in [7, 11) is 12.8. The summed E-state index contributed by atoms with van der Waals surface area (Å²) in [5, 5.41) is 10.6. The van der Waals surface area contributed by atoms with Crippen LogP contribution in [0.3, 0.4) is 0 Å². The first-order valence-electron chi connectivity index (χ1n) is 40.3. The highest BCUT2D eigenvalue weighted by Gasteiger charge is 2.34. The second kappa shape index (κ2) is 34.5. The SMILES string of the molecule is CN1c2ccccc2C(C)(C)c2ccccc21.CN1c2ccccc2Oc2ccccc21.Cc1cc(C)nc(C)c1.Cc1cc(C)nc(C)n1.Cc1cc(C)nc(C)n1.Cc1cc(C)nc(C)n1.Cn1c2ccccc2c2cc(-c3ccc4c(c3)c3ccccc3n4C)ccc21.Cn1c2ccccc2c2ccc3c4ccccc4n(C)c3c21. The zero-order chi connectivity index (χ0) is 83.4. The standard InChI is InChI=1S/C26H20N2.C20H16N2.C16H17N.C13H11NO.C8H11N.3C7H10N2/c1-27-23-9-5-3-7-19(23)21-15-17(11-13-25(21)27)18-12-14-26-22(16-18)20-8-4-6-10-24(20)28(26)2;1-21-17-9-5-3-7-13(17)15-11-12-16-14-8-4-6-10-18(14)22(2)20(16)19(15)21;1-16(2)12-8-4-6-10-14(12)17(3)15-11-7-5-9-13(15)16;1-14-10-6-2-4-8-12(10)15-13-9-5-3-7-11(13)14;1-6-4-7(2)9-8(3)5-6;3*1-5-4-6(2)9-7(3)8-5/h3-16H,1-2H3;3-12H,1-2H3;4-11H,1-3H3;2-9H,1H3;4-5H,1-3H3;3*4H,1-3H3. The van der Waals surface area contributed by atoms with Gasteiger partial charge >= 0.3 is 0 Å². The molecule has 0 fully saturated rings. The Morgan fingerprint density at radius 2 is 0.508 bits per heavy atom. The van der Waals surface area contributed by atoms with Crippen molar-refractivity contribution in [1.29, 1.82) is 0 Å². The van der Waals surface area contributed by atoms with E-state index in [0.29, 0.717) is 0 Å². The molecule has 0 saturated heterocycles. The second-order valence-corrected chi connectivity index (χ2v) is 31.5. The van der Waals surface area contributed by atoms with Crippen molar-refractivity contribution in [3.8, 4) is 22.6 Å². The number of ether oxygens (including phenoxy) is 1. The molecule has 10 heterocycles. The van der Waals surface area contributed by atoms with E-state index in [4.69, 9.17) is 4.74 Å². The molecule has 0 N–H and O–H groups in total. The molecule has 14 nitrogen and oxygen atoms in total. The zero-order valence-corrected chi connectivity index (χ0v) is 71.7. The highest BCUT2D eigenvalue weighted by Crippen LogP contribution is 2.49. The van der Waals surface area contributed by atoms with Crippen LogP contribution in [0.2, 0.25) is 0 Å². The lowest BCUT2D eigenvalue weighted by molar-refractivity contribution is 0.475. The predicted octanol–water partition coefficient (Wildman–Crippen LogP) is 25.5. The van der Waals surface area contributed by atoms with E-state index in [-0.39, 0.29) is 5.41 Å². The summed E-state index contributed by atoms with van der Waals surface area (Å²) in [6.45, 7) is 28.3. The van der Waals surface area contributed by atoms with E-state index >= 15 is 0 Å². The summed E-state index contributed by atoms with van der Waals surface area (Å²) in [6, 6.07) is 96.3. The number of anilines is 4. The molecule has 19 aromatic rings. The molecule has 0 spiro atoms. The number of hydrogen-bond acceptors (Lipinski definition) is 10. The van der Waals surface area contributed by atoms with Crippen LogP contribution in [0.25, 0.3) is 98.4 Å². The number of fused-ring (bicyclic) bond motifs is 17. The Labute approximate surface area is 693 Å². The van der Waals surface area contributed by atoms with Gasteiger partial charge in [0.1, 0.15) is 17.5 Å². The number of hydrogen-bond donors (Lipinski definition) is 0. The van der Waals surface area contributed by atoms with Crippen molar-refractivity contribution < 1.29 is 4.74 Å². The fraction of sp³-hybridized carbons (Fsp3) is 0.202. The molecule has 0 unspecified atom stereocenters. The minimum Gasteiger partial charge on any atom is -0.453 e. The number of aryl methyl sites for hydroxylation is 16. The van der Waals surface area contributed by atoms with Gasteiger partial charge < -0.3 is 32.8 Å². The third kappa shape index (κ3) is 16.9. The molecule has 0 aliphatic carbocycles. The third-order valence-electron chi connectivity index (χ3n) is 22.2. The fourth-order valence-corrected chi connectivity index (χ4v) is 17.1. The van der Waals surface area contributed by atoms with E-state index in [1.54, 1.807) is 0 Å². The molecule has 0 amide bonds. The van der Waals surface area contributed by atoms with Crippen LogP contribution in [-0.2, 0) is 33.6 Å². The minimum atomic E-state index is 0.0830. The molecular weight excluding hydrogens is 1450 g/mol. The maximum atomic E-state index is 5.81. The van der Waals surface area contributed by atoms with Crippen molar-refractivity contribution >= 4 is 110 Å². The lowest BCUT2D eigenvalue weighted by atomic mass is 9.74. The summed E-state index contributed by atoms with van der Waals surface area (Å²) in [4.78, 5) is 33.4. The Morgan fingerprint density at radius 1 is 0.237 bits per heavy atom. The fourth-order valence-electron chi connectivity index (χ4n) is 17.1. The molecule has 11 aromatic carbocycles. The number of rotatable bonds is 1. The van der Waals surface area contributed by atoms with Crippen LogP contribution in [0.1, 0.15) is 93.6 Å². The average molecular weight is 1550 g/mol. The van der Waals surface area contributed by atoms with Crippen molar-refractivity contribution in [2.24, 2.45) is 28.2 Å². The number of nitrogens with zero attached hydrogens (tertiary/aromatic N) is 13. The number of aromatic nitrogens is 11. The first-order valence-corrected chi connectivity index (χ1v) is 40.3. The Kier molecular flexibility index (Phi) is 23.7. The molecule has 21 rings (SSSR count). The Balaban J connectivity index is 0.000000115. The van der Waals surface area contributed by atoms with Gasteiger partial charge in [-0.2, -0.15) is 0 Å².